The summed E-state index contributed by atoms with van der Waals surface area (Å²) in [5, 5.41) is 2.86. The Morgan fingerprint density at radius 3 is 2.06 bits per heavy atom. The molecule has 0 aliphatic carbocycles. The van der Waals surface area contributed by atoms with Gasteiger partial charge in [0, 0.05) is 30.6 Å². The molecule has 0 saturated heterocycles. The summed E-state index contributed by atoms with van der Waals surface area (Å²) in [4.78, 5) is 23.3. The van der Waals surface area contributed by atoms with E-state index in [4.69, 9.17) is 0 Å². The van der Waals surface area contributed by atoms with Crippen molar-refractivity contribution < 1.29 is 9.59 Å². The molecular formula is C14H27NO2S. The number of ketones is 1. The highest BCUT2D eigenvalue weighted by atomic mass is 32.2. The summed E-state index contributed by atoms with van der Waals surface area (Å²) in [6.45, 7) is 11.0. The molecule has 106 valence electrons. The lowest BCUT2D eigenvalue weighted by Crippen LogP contribution is -2.32. The molecule has 0 atom stereocenters. The Kier molecular flexibility index (Phi) is 6.97. The quantitative estimate of drug-likeness (QED) is 0.775. The van der Waals surface area contributed by atoms with Gasteiger partial charge in [-0.15, -0.1) is 0 Å². The summed E-state index contributed by atoms with van der Waals surface area (Å²) in [5.74, 6) is 0.139. The normalized spacial score (nSPS) is 12.3. The Labute approximate surface area is 115 Å². The number of amides is 1. The van der Waals surface area contributed by atoms with Crippen molar-refractivity contribution in [2.24, 2.45) is 5.41 Å². The van der Waals surface area contributed by atoms with Crippen LogP contribution < -0.4 is 5.32 Å². The van der Waals surface area contributed by atoms with E-state index in [1.165, 1.54) is 0 Å². The van der Waals surface area contributed by atoms with E-state index >= 15 is 0 Å². The molecule has 0 unspecified atom stereocenters. The predicted molar refractivity (Wildman–Crippen MR) is 78.9 cm³/mol. The van der Waals surface area contributed by atoms with Crippen molar-refractivity contribution in [3.63, 3.8) is 0 Å². The monoisotopic (exact) mass is 273 g/mol. The Hall–Kier alpha value is -0.510. The number of carbonyl (C=O) groups is 2. The Balaban J connectivity index is 3.89. The van der Waals surface area contributed by atoms with E-state index in [0.717, 1.165) is 0 Å². The first-order valence-electron chi connectivity index (χ1n) is 6.39. The molecule has 3 nitrogen and oxygen atoms in total. The van der Waals surface area contributed by atoms with Crippen LogP contribution in [0.15, 0.2) is 0 Å². The minimum atomic E-state index is -0.0288. The average Bonchev–Trinajstić information content (AvgIpc) is 2.22. The third-order valence-electron chi connectivity index (χ3n) is 2.62. The van der Waals surface area contributed by atoms with Gasteiger partial charge in [-0.1, -0.05) is 34.6 Å². The summed E-state index contributed by atoms with van der Waals surface area (Å²) in [6.07, 6.45) is 3.18. The number of Topliss-reactive ketones (excluding diaryl/α,β-unsaturated/α-hetero) is 1. The fourth-order valence-electron chi connectivity index (χ4n) is 1.34. The minimum Gasteiger partial charge on any atom is -0.356 e. The zero-order valence-electron chi connectivity index (χ0n) is 12.6. The van der Waals surface area contributed by atoms with Gasteiger partial charge < -0.3 is 5.32 Å². The number of carbonyl (C=O) groups excluding carboxylic acids is 2. The highest BCUT2D eigenvalue weighted by molar-refractivity contribution is 7.99. The second kappa shape index (κ2) is 7.17. The lowest BCUT2D eigenvalue weighted by Gasteiger charge is -2.21. The number of rotatable bonds is 7. The van der Waals surface area contributed by atoms with Crippen molar-refractivity contribution in [3.8, 4) is 0 Å². The third-order valence-corrected chi connectivity index (χ3v) is 3.87. The van der Waals surface area contributed by atoms with Crippen LogP contribution in [-0.2, 0) is 9.59 Å². The van der Waals surface area contributed by atoms with Crippen molar-refractivity contribution in [1.29, 1.82) is 0 Å². The van der Waals surface area contributed by atoms with Gasteiger partial charge in [0.1, 0.15) is 5.78 Å². The maximum Gasteiger partial charge on any atom is 0.220 e. The summed E-state index contributed by atoms with van der Waals surface area (Å²) in [6, 6.07) is 0. The van der Waals surface area contributed by atoms with Crippen LogP contribution in [0.3, 0.4) is 0 Å². The van der Waals surface area contributed by atoms with Crippen molar-refractivity contribution >= 4 is 23.5 Å². The molecular weight excluding hydrogens is 246 g/mol. The van der Waals surface area contributed by atoms with Gasteiger partial charge in [-0.05, 0) is 11.7 Å². The van der Waals surface area contributed by atoms with Gasteiger partial charge in [0.05, 0.1) is 0 Å². The lowest BCUT2D eigenvalue weighted by molar-refractivity contribution is -0.125. The fourth-order valence-corrected chi connectivity index (χ4v) is 1.65. The molecule has 0 radical (unpaired) electrons. The van der Waals surface area contributed by atoms with Crippen LogP contribution in [0.2, 0.25) is 0 Å². The highest BCUT2D eigenvalue weighted by Gasteiger charge is 2.21. The largest absolute Gasteiger partial charge is 0.356 e. The first-order valence-corrected chi connectivity index (χ1v) is 7.62. The van der Waals surface area contributed by atoms with Crippen molar-refractivity contribution in [2.75, 3.05) is 12.8 Å². The first kappa shape index (κ1) is 17.5. The second-order valence-electron chi connectivity index (χ2n) is 6.52. The Bertz CT molecular complexity index is 293. The summed E-state index contributed by atoms with van der Waals surface area (Å²) < 4.78 is -0.0288. The van der Waals surface area contributed by atoms with Crippen molar-refractivity contribution in [2.45, 2.75) is 58.6 Å². The van der Waals surface area contributed by atoms with E-state index in [1.54, 1.807) is 11.8 Å². The van der Waals surface area contributed by atoms with E-state index < -0.39 is 0 Å². The number of thioether (sulfide) groups is 1. The number of hydrogen-bond donors (Lipinski definition) is 1. The van der Waals surface area contributed by atoms with E-state index in [9.17, 15) is 9.59 Å². The maximum absolute atomic E-state index is 11.7. The molecule has 0 aromatic carbocycles. The highest BCUT2D eigenvalue weighted by Crippen LogP contribution is 2.26. The molecule has 0 aromatic heterocycles. The van der Waals surface area contributed by atoms with Crippen LogP contribution in [0, 0.1) is 5.41 Å². The van der Waals surface area contributed by atoms with Crippen molar-refractivity contribution in [1.82, 2.24) is 5.32 Å². The van der Waals surface area contributed by atoms with Gasteiger partial charge in [0.25, 0.3) is 0 Å². The molecule has 0 aliphatic heterocycles. The minimum absolute atomic E-state index is 0.0276. The topological polar surface area (TPSA) is 46.2 Å². The molecule has 0 fully saturated rings. The van der Waals surface area contributed by atoms with Gasteiger partial charge in [0.2, 0.25) is 5.91 Å². The zero-order chi connectivity index (χ0) is 14.4. The van der Waals surface area contributed by atoms with Gasteiger partial charge in [-0.3, -0.25) is 9.59 Å². The Morgan fingerprint density at radius 1 is 1.06 bits per heavy atom. The van der Waals surface area contributed by atoms with Gasteiger partial charge in [-0.25, -0.2) is 0 Å². The lowest BCUT2D eigenvalue weighted by atomic mass is 9.97. The average molecular weight is 273 g/mol. The fraction of sp³-hybridized carbons (Fsp3) is 0.857. The van der Waals surface area contributed by atoms with Crippen LogP contribution >= 0.6 is 11.8 Å². The summed E-state index contributed by atoms with van der Waals surface area (Å²) in [5.41, 5.74) is 0.0838. The van der Waals surface area contributed by atoms with E-state index in [1.807, 2.05) is 6.26 Å². The number of hydrogen-bond acceptors (Lipinski definition) is 3. The van der Waals surface area contributed by atoms with Gasteiger partial charge in [-0.2, -0.15) is 11.8 Å². The molecule has 0 bridgehead atoms. The van der Waals surface area contributed by atoms with Crippen LogP contribution in [0.1, 0.15) is 53.9 Å². The molecule has 0 spiro atoms. The van der Waals surface area contributed by atoms with E-state index in [2.05, 4.69) is 39.9 Å². The maximum atomic E-state index is 11.7. The summed E-state index contributed by atoms with van der Waals surface area (Å²) >= 11 is 1.68. The SMILES string of the molecule is CSC(C)(C)CC(=O)CCC(=O)NCC(C)(C)C. The molecule has 0 saturated carbocycles. The second-order valence-corrected chi connectivity index (χ2v) is 8.03. The smallest absolute Gasteiger partial charge is 0.220 e. The van der Waals surface area contributed by atoms with E-state index in [0.29, 0.717) is 25.8 Å². The first-order chi connectivity index (χ1) is 8.06. The molecule has 1 amide bonds. The molecule has 4 heteroatoms. The van der Waals surface area contributed by atoms with Crippen LogP contribution in [0.5, 0.6) is 0 Å². The third kappa shape index (κ3) is 9.51. The Morgan fingerprint density at radius 2 is 1.61 bits per heavy atom. The van der Waals surface area contributed by atoms with Crippen LogP contribution in [0.25, 0.3) is 0 Å². The van der Waals surface area contributed by atoms with Crippen molar-refractivity contribution in [3.05, 3.63) is 0 Å². The van der Waals surface area contributed by atoms with Gasteiger partial charge >= 0.3 is 0 Å². The number of nitrogens with one attached hydrogen (secondary N) is 1. The predicted octanol–water partition coefficient (Wildman–Crippen LogP) is 3.03. The molecule has 1 N–H and O–H groups in total. The van der Waals surface area contributed by atoms with Gasteiger partial charge in [0.15, 0.2) is 0 Å². The van der Waals surface area contributed by atoms with E-state index in [-0.39, 0.29) is 21.9 Å². The summed E-state index contributed by atoms with van der Waals surface area (Å²) in [7, 11) is 0. The van der Waals surface area contributed by atoms with Crippen LogP contribution in [0.4, 0.5) is 0 Å². The zero-order valence-corrected chi connectivity index (χ0v) is 13.4. The van der Waals surface area contributed by atoms with Crippen LogP contribution in [-0.4, -0.2) is 29.2 Å². The standard InChI is InChI=1S/C14H27NO2S/c1-13(2,3)10-15-12(17)8-7-11(16)9-14(4,5)18-6/h7-10H2,1-6H3,(H,15,17). The molecule has 0 heterocycles. The molecule has 0 aliphatic rings. The molecule has 0 aromatic rings. The molecule has 18 heavy (non-hydrogen) atoms. The molecule has 0 rings (SSSR count).